The molecule has 27 heavy (non-hydrogen) atoms. The first kappa shape index (κ1) is 23.7. The number of aliphatic hydroxyl groups is 1. The molecular weight excluding hydrogens is 455 g/mol. The highest BCUT2D eigenvalue weighted by molar-refractivity contribution is 14.0. The maximum atomic E-state index is 12.1. The van der Waals surface area contributed by atoms with Crippen molar-refractivity contribution in [3.8, 4) is 0 Å². The molecule has 1 saturated carbocycles. The van der Waals surface area contributed by atoms with Crippen LogP contribution < -0.4 is 10.6 Å². The highest BCUT2D eigenvalue weighted by Crippen LogP contribution is 2.29. The summed E-state index contributed by atoms with van der Waals surface area (Å²) < 4.78 is 0. The molecule has 6 nitrogen and oxygen atoms in total. The van der Waals surface area contributed by atoms with Crippen LogP contribution in [0.25, 0.3) is 0 Å². The number of aliphatic imine (C=N–C) groups is 1. The smallest absolute Gasteiger partial charge is 0.253 e. The van der Waals surface area contributed by atoms with Crippen molar-refractivity contribution in [1.82, 2.24) is 15.5 Å². The molecule has 0 saturated heterocycles. The molecule has 2 rings (SSSR count). The van der Waals surface area contributed by atoms with Crippen LogP contribution >= 0.6 is 24.0 Å². The van der Waals surface area contributed by atoms with Gasteiger partial charge in [-0.15, -0.1) is 24.0 Å². The van der Waals surface area contributed by atoms with Crippen molar-refractivity contribution < 1.29 is 9.90 Å². The minimum Gasteiger partial charge on any atom is -0.388 e. The molecule has 1 fully saturated rings. The van der Waals surface area contributed by atoms with Crippen molar-refractivity contribution in [2.75, 3.05) is 33.7 Å². The predicted molar refractivity (Wildman–Crippen MR) is 121 cm³/mol. The Labute approximate surface area is 179 Å². The standard InChI is InChI=1S/C20H32N4O2.HI/c1-4-21-19(23-15-20(26)11-5-6-12-20)22-13-10-16-8-7-9-17(14-16)18(25)24(2)3;/h7-9,14,26H,4-6,10-13,15H2,1-3H3,(H2,21,22,23);1H. The van der Waals surface area contributed by atoms with Gasteiger partial charge in [-0.05, 0) is 43.9 Å². The fraction of sp³-hybridized carbons (Fsp3) is 0.600. The molecule has 0 aliphatic heterocycles. The van der Waals surface area contributed by atoms with E-state index in [1.165, 1.54) is 0 Å². The van der Waals surface area contributed by atoms with Crippen molar-refractivity contribution in [3.05, 3.63) is 35.4 Å². The summed E-state index contributed by atoms with van der Waals surface area (Å²) in [5.41, 5.74) is 1.18. The highest BCUT2D eigenvalue weighted by Gasteiger charge is 2.30. The second kappa shape index (κ2) is 11.5. The summed E-state index contributed by atoms with van der Waals surface area (Å²) >= 11 is 0. The third kappa shape index (κ3) is 7.65. The summed E-state index contributed by atoms with van der Waals surface area (Å²) in [5, 5.41) is 17.0. The monoisotopic (exact) mass is 488 g/mol. The molecule has 3 N–H and O–H groups in total. The lowest BCUT2D eigenvalue weighted by Gasteiger charge is -2.20. The van der Waals surface area contributed by atoms with Gasteiger partial charge in [-0.2, -0.15) is 0 Å². The Morgan fingerprint density at radius 2 is 1.96 bits per heavy atom. The normalized spacial score (nSPS) is 15.8. The number of carbonyl (C=O) groups is 1. The van der Waals surface area contributed by atoms with E-state index < -0.39 is 5.60 Å². The molecule has 1 aromatic rings. The van der Waals surface area contributed by atoms with Crippen LogP contribution in [0.2, 0.25) is 0 Å². The summed E-state index contributed by atoms with van der Waals surface area (Å²) in [6.45, 7) is 3.95. The van der Waals surface area contributed by atoms with Crippen LogP contribution in [0.3, 0.4) is 0 Å². The van der Waals surface area contributed by atoms with Gasteiger partial charge in [-0.1, -0.05) is 25.0 Å². The van der Waals surface area contributed by atoms with Crippen LogP contribution in [-0.4, -0.2) is 61.2 Å². The van der Waals surface area contributed by atoms with Gasteiger partial charge in [0.25, 0.3) is 5.91 Å². The van der Waals surface area contributed by atoms with Crippen LogP contribution in [0.1, 0.15) is 48.5 Å². The lowest BCUT2D eigenvalue weighted by molar-refractivity contribution is 0.0574. The molecule has 1 aliphatic rings. The van der Waals surface area contributed by atoms with Gasteiger partial charge in [0.05, 0.1) is 12.1 Å². The quantitative estimate of drug-likeness (QED) is 0.313. The van der Waals surface area contributed by atoms with Crippen LogP contribution in [-0.2, 0) is 6.42 Å². The van der Waals surface area contributed by atoms with E-state index in [9.17, 15) is 9.90 Å². The number of hydrogen-bond acceptors (Lipinski definition) is 3. The number of hydrogen-bond donors (Lipinski definition) is 3. The van der Waals surface area contributed by atoms with Gasteiger partial charge in [-0.25, -0.2) is 0 Å². The molecule has 0 heterocycles. The molecule has 0 bridgehead atoms. The molecule has 152 valence electrons. The number of halogens is 1. The molecule has 0 aromatic heterocycles. The van der Waals surface area contributed by atoms with Crippen molar-refractivity contribution in [1.29, 1.82) is 0 Å². The summed E-state index contributed by atoms with van der Waals surface area (Å²) in [5.74, 6) is 0.743. The molecule has 1 amide bonds. The molecule has 0 spiro atoms. The number of guanidine groups is 1. The average molecular weight is 488 g/mol. The molecule has 7 heteroatoms. The third-order valence-corrected chi connectivity index (χ3v) is 4.70. The zero-order chi connectivity index (χ0) is 19.0. The predicted octanol–water partition coefficient (Wildman–Crippen LogP) is 2.41. The maximum absolute atomic E-state index is 12.1. The Balaban J connectivity index is 0.00000364. The fourth-order valence-electron chi connectivity index (χ4n) is 3.20. The van der Waals surface area contributed by atoms with Gasteiger partial charge in [-0.3, -0.25) is 9.79 Å². The lowest BCUT2D eigenvalue weighted by Crippen LogP contribution is -2.40. The minimum atomic E-state index is -0.636. The second-order valence-electron chi connectivity index (χ2n) is 7.20. The van der Waals surface area contributed by atoms with Crippen molar-refractivity contribution in [3.63, 3.8) is 0 Å². The number of rotatable bonds is 7. The Morgan fingerprint density at radius 1 is 1.26 bits per heavy atom. The summed E-state index contributed by atoms with van der Waals surface area (Å²) in [6.07, 6.45) is 4.63. The number of nitrogens with zero attached hydrogens (tertiary/aromatic N) is 2. The Kier molecular flexibility index (Phi) is 10.1. The molecule has 0 atom stereocenters. The zero-order valence-corrected chi connectivity index (χ0v) is 19.0. The largest absolute Gasteiger partial charge is 0.388 e. The van der Waals surface area contributed by atoms with E-state index in [-0.39, 0.29) is 29.9 Å². The summed E-state index contributed by atoms with van der Waals surface area (Å²) in [4.78, 5) is 18.2. The van der Waals surface area contributed by atoms with Gasteiger partial charge in [0.1, 0.15) is 0 Å². The van der Waals surface area contributed by atoms with E-state index in [1.54, 1.807) is 19.0 Å². The molecule has 1 aliphatic carbocycles. The number of benzene rings is 1. The van der Waals surface area contributed by atoms with Crippen molar-refractivity contribution in [2.45, 2.75) is 44.6 Å². The first-order valence-corrected chi connectivity index (χ1v) is 9.49. The van der Waals surface area contributed by atoms with Crippen LogP contribution in [0.15, 0.2) is 29.3 Å². The topological polar surface area (TPSA) is 77.0 Å². The maximum Gasteiger partial charge on any atom is 0.253 e. The fourth-order valence-corrected chi connectivity index (χ4v) is 3.20. The number of nitrogens with one attached hydrogen (secondary N) is 2. The average Bonchev–Trinajstić information content (AvgIpc) is 3.06. The van der Waals surface area contributed by atoms with E-state index in [4.69, 9.17) is 0 Å². The van der Waals surface area contributed by atoms with E-state index in [0.29, 0.717) is 18.7 Å². The minimum absolute atomic E-state index is 0. The number of carbonyl (C=O) groups excluding carboxylic acids is 1. The first-order valence-electron chi connectivity index (χ1n) is 9.49. The summed E-state index contributed by atoms with van der Waals surface area (Å²) in [6, 6.07) is 7.73. The van der Waals surface area contributed by atoms with E-state index in [1.807, 2.05) is 31.2 Å². The van der Waals surface area contributed by atoms with Crippen molar-refractivity contribution in [2.24, 2.45) is 4.99 Å². The van der Waals surface area contributed by atoms with Gasteiger partial charge in [0, 0.05) is 32.7 Å². The molecule has 1 aromatic carbocycles. The zero-order valence-electron chi connectivity index (χ0n) is 16.6. The lowest BCUT2D eigenvalue weighted by atomic mass is 10.0. The molecule has 0 radical (unpaired) electrons. The first-order chi connectivity index (χ1) is 12.4. The van der Waals surface area contributed by atoms with Gasteiger partial charge >= 0.3 is 0 Å². The van der Waals surface area contributed by atoms with Gasteiger partial charge in [0.15, 0.2) is 5.96 Å². The molecule has 0 unspecified atom stereocenters. The third-order valence-electron chi connectivity index (χ3n) is 4.70. The SMILES string of the molecule is CCNC(=NCC1(O)CCCC1)NCCc1cccc(C(=O)N(C)C)c1.I. The van der Waals surface area contributed by atoms with E-state index >= 15 is 0 Å². The van der Waals surface area contributed by atoms with Crippen LogP contribution in [0.5, 0.6) is 0 Å². The highest BCUT2D eigenvalue weighted by atomic mass is 127. The van der Waals surface area contributed by atoms with E-state index in [2.05, 4.69) is 15.6 Å². The van der Waals surface area contributed by atoms with Crippen molar-refractivity contribution >= 4 is 35.8 Å². The van der Waals surface area contributed by atoms with Crippen LogP contribution in [0.4, 0.5) is 0 Å². The Hall–Kier alpha value is -1.35. The van der Waals surface area contributed by atoms with Crippen LogP contribution in [0, 0.1) is 0 Å². The van der Waals surface area contributed by atoms with Gasteiger partial charge < -0.3 is 20.6 Å². The van der Waals surface area contributed by atoms with E-state index in [0.717, 1.165) is 50.2 Å². The molecular formula is C20H33IN4O2. The summed E-state index contributed by atoms with van der Waals surface area (Å²) in [7, 11) is 3.52. The Morgan fingerprint density at radius 3 is 2.59 bits per heavy atom. The second-order valence-corrected chi connectivity index (χ2v) is 7.20. The number of amides is 1. The van der Waals surface area contributed by atoms with Gasteiger partial charge in [0.2, 0.25) is 0 Å². The Bertz CT molecular complexity index is 628.